The van der Waals surface area contributed by atoms with Crippen LogP contribution in [0.15, 0.2) is 120 Å². The molecule has 1 aliphatic carbocycles. The summed E-state index contributed by atoms with van der Waals surface area (Å²) in [6.07, 6.45) is 17.8. The molecule has 1 aliphatic heterocycles. The van der Waals surface area contributed by atoms with Crippen molar-refractivity contribution in [3.05, 3.63) is 132 Å². The van der Waals surface area contributed by atoms with Gasteiger partial charge in [-0.25, -0.2) is 18.6 Å². The topological polar surface area (TPSA) is 95.2 Å². The molecule has 0 unspecified atom stereocenters. The van der Waals surface area contributed by atoms with E-state index in [2.05, 4.69) is 128 Å². The molecule has 2 aliphatic rings. The Balaban J connectivity index is 0.000000588. The summed E-state index contributed by atoms with van der Waals surface area (Å²) in [7, 11) is -0.813. The molecule has 2 aromatic rings. The predicted octanol–water partition coefficient (Wildman–Crippen LogP) is 0.722. The third-order valence-electron chi connectivity index (χ3n) is 4.81. The molecule has 0 atom stereocenters. The molecular formula is C27H24ClNO4Se. The maximum Gasteiger partial charge on any atom is -0.112 e. The maximum atomic E-state index is 8.49. The quantitative estimate of drug-likeness (QED) is 0.423. The summed E-state index contributed by atoms with van der Waals surface area (Å²) < 4.78 is 38.9. The molecular weight excluding hydrogens is 517 g/mol. The van der Waals surface area contributed by atoms with Crippen LogP contribution in [0.4, 0.5) is 0 Å². The van der Waals surface area contributed by atoms with Crippen LogP contribution in [0.3, 0.4) is 0 Å². The second-order valence-electron chi connectivity index (χ2n) is 7.55. The summed E-state index contributed by atoms with van der Waals surface area (Å²) in [6.45, 7) is 0. The van der Waals surface area contributed by atoms with Gasteiger partial charge in [0, 0.05) is 0 Å². The summed E-state index contributed by atoms with van der Waals surface area (Å²) >= 11 is 0.285. The van der Waals surface area contributed by atoms with E-state index in [0.717, 1.165) is 0 Å². The molecule has 0 N–H and O–H groups in total. The molecule has 0 spiro atoms. The number of halogens is 1. The summed E-state index contributed by atoms with van der Waals surface area (Å²) in [5.74, 6) is 0. The van der Waals surface area contributed by atoms with Crippen LogP contribution in [0.2, 0.25) is 0 Å². The van der Waals surface area contributed by atoms with Crippen molar-refractivity contribution in [2.75, 3.05) is 14.1 Å². The monoisotopic (exact) mass is 541 g/mol. The molecule has 0 saturated carbocycles. The molecule has 34 heavy (non-hydrogen) atoms. The van der Waals surface area contributed by atoms with E-state index in [1.165, 1.54) is 36.9 Å². The molecule has 7 heteroatoms. The number of allylic oxidation sites excluding steroid dienone is 10. The first-order valence-electron chi connectivity index (χ1n) is 10.4. The van der Waals surface area contributed by atoms with Crippen molar-refractivity contribution in [2.45, 2.75) is 0 Å². The first kappa shape index (κ1) is 25.8. The minimum atomic E-state index is -4.94. The van der Waals surface area contributed by atoms with Crippen molar-refractivity contribution in [3.63, 3.8) is 0 Å². The van der Waals surface area contributed by atoms with Gasteiger partial charge in [0.15, 0.2) is 0 Å². The number of nitrogens with zero attached hydrogens (tertiary/aromatic N) is 1. The minimum absolute atomic E-state index is 0.285. The molecule has 0 radical (unpaired) electrons. The SMILES string of the molecule is C[N+](C)=C1C=CC(=CC=C2C=C(c3ccccc3)[Se]C(c3ccccc3)=C2)C=C1.[O-][Cl+3]([O-])([O-])[O-]. The van der Waals surface area contributed by atoms with Crippen LogP contribution in [0, 0.1) is 10.2 Å². The molecule has 1 heterocycles. The van der Waals surface area contributed by atoms with Gasteiger partial charge in [-0.1, -0.05) is 0 Å². The van der Waals surface area contributed by atoms with Gasteiger partial charge in [0.25, 0.3) is 0 Å². The van der Waals surface area contributed by atoms with E-state index in [1.807, 2.05) is 0 Å². The van der Waals surface area contributed by atoms with Crippen LogP contribution in [-0.2, 0) is 0 Å². The van der Waals surface area contributed by atoms with Crippen LogP contribution in [0.5, 0.6) is 0 Å². The average molecular weight is 541 g/mol. The van der Waals surface area contributed by atoms with Crippen LogP contribution in [0.25, 0.3) is 8.94 Å². The number of rotatable bonds is 3. The standard InChI is InChI=1S/C27H24NSe.ClHO4/c1-28(2)25-17-15-21(16-18-25)13-14-22-19-26(23-9-5-3-6-10-23)29-27(20-22)24-11-7-4-8-12-24;2-1(3,4)5/h3-20H,1-2H3;(H,2,3,4,5)/q+1;/p-1. The first-order valence-corrected chi connectivity index (χ1v) is 13.3. The second-order valence-corrected chi connectivity index (χ2v) is 10.6. The molecule has 0 bridgehead atoms. The third kappa shape index (κ3) is 8.52. The summed E-state index contributed by atoms with van der Waals surface area (Å²) in [5.41, 5.74) is 6.30. The van der Waals surface area contributed by atoms with E-state index >= 15 is 0 Å². The van der Waals surface area contributed by atoms with E-state index in [4.69, 9.17) is 18.6 Å². The largest absolute Gasteiger partial charge is 0.222 e. The fraction of sp³-hybridized carbons (Fsp3) is 0.0741. The molecule has 4 rings (SSSR count). The molecule has 0 fully saturated rings. The van der Waals surface area contributed by atoms with Crippen molar-refractivity contribution in [2.24, 2.45) is 0 Å². The predicted molar refractivity (Wildman–Crippen MR) is 126 cm³/mol. The molecule has 0 saturated heterocycles. The van der Waals surface area contributed by atoms with E-state index in [9.17, 15) is 0 Å². The van der Waals surface area contributed by atoms with E-state index in [-0.39, 0.29) is 15.0 Å². The zero-order chi connectivity index (χ0) is 24.6. The van der Waals surface area contributed by atoms with Crippen molar-refractivity contribution >= 4 is 29.6 Å². The second kappa shape index (κ2) is 12.1. The number of benzene rings is 2. The Hall–Kier alpha value is -2.80. The van der Waals surface area contributed by atoms with Crippen molar-refractivity contribution in [1.29, 1.82) is 0 Å². The smallest absolute Gasteiger partial charge is 0.112 e. The van der Waals surface area contributed by atoms with Crippen molar-refractivity contribution in [3.8, 4) is 0 Å². The molecule has 2 aromatic carbocycles. The van der Waals surface area contributed by atoms with Gasteiger partial charge in [-0.15, -0.1) is 10.2 Å². The fourth-order valence-corrected chi connectivity index (χ4v) is 5.56. The molecule has 0 aromatic heterocycles. The maximum absolute atomic E-state index is 8.49. The Morgan fingerprint density at radius 1 is 0.647 bits per heavy atom. The van der Waals surface area contributed by atoms with Gasteiger partial charge in [-0.2, -0.15) is 0 Å². The minimum Gasteiger partial charge on any atom is -0.222 e. The van der Waals surface area contributed by atoms with Crippen LogP contribution in [0.1, 0.15) is 11.1 Å². The molecule has 0 amide bonds. The van der Waals surface area contributed by atoms with Gasteiger partial charge in [0.1, 0.15) is 0 Å². The Labute approximate surface area is 208 Å². The van der Waals surface area contributed by atoms with Crippen molar-refractivity contribution in [1.82, 2.24) is 0 Å². The van der Waals surface area contributed by atoms with E-state index in [0.29, 0.717) is 0 Å². The Kier molecular flexibility index (Phi) is 9.16. The van der Waals surface area contributed by atoms with Gasteiger partial charge in [0.2, 0.25) is 0 Å². The Bertz CT molecular complexity index is 1130. The summed E-state index contributed by atoms with van der Waals surface area (Å²) in [5, 5.41) is 0. The van der Waals surface area contributed by atoms with Gasteiger partial charge in [-0.3, -0.25) is 0 Å². The third-order valence-corrected chi connectivity index (χ3v) is 7.22. The van der Waals surface area contributed by atoms with Gasteiger partial charge in [0.05, 0.1) is 0 Å². The van der Waals surface area contributed by atoms with Crippen molar-refractivity contribution < 1.29 is 33.5 Å². The van der Waals surface area contributed by atoms with Crippen LogP contribution < -0.4 is 18.6 Å². The van der Waals surface area contributed by atoms with Crippen LogP contribution in [-0.4, -0.2) is 39.3 Å². The van der Waals surface area contributed by atoms with Gasteiger partial charge < -0.3 is 0 Å². The summed E-state index contributed by atoms with van der Waals surface area (Å²) in [4.78, 5) is 0. The molecule has 174 valence electrons. The van der Waals surface area contributed by atoms with Gasteiger partial charge in [-0.05, 0) is 0 Å². The number of hydrogen-bond donors (Lipinski definition) is 0. The average Bonchev–Trinajstić information content (AvgIpc) is 2.83. The van der Waals surface area contributed by atoms with Gasteiger partial charge >= 0.3 is 180 Å². The zero-order valence-corrected chi connectivity index (χ0v) is 21.2. The van der Waals surface area contributed by atoms with E-state index < -0.39 is 10.2 Å². The van der Waals surface area contributed by atoms with E-state index in [1.54, 1.807) is 0 Å². The molecule has 5 nitrogen and oxygen atoms in total. The fourth-order valence-electron chi connectivity index (χ4n) is 3.18. The zero-order valence-electron chi connectivity index (χ0n) is 18.8. The van der Waals surface area contributed by atoms with Crippen LogP contribution >= 0.6 is 0 Å². The number of hydrogen-bond acceptors (Lipinski definition) is 4. The Morgan fingerprint density at radius 2 is 1.06 bits per heavy atom. The first-order chi connectivity index (χ1) is 16.2. The Morgan fingerprint density at radius 3 is 1.47 bits per heavy atom. The summed E-state index contributed by atoms with van der Waals surface area (Å²) in [6, 6.07) is 21.5. The normalized spacial score (nSPS) is 15.2.